The van der Waals surface area contributed by atoms with Crippen molar-refractivity contribution in [2.24, 2.45) is 5.41 Å². The molecule has 1 amide bonds. The average molecular weight is 362 g/mol. The van der Waals surface area contributed by atoms with E-state index >= 15 is 0 Å². The van der Waals surface area contributed by atoms with Gasteiger partial charge in [-0.05, 0) is 65.5 Å². The van der Waals surface area contributed by atoms with Crippen LogP contribution in [-0.4, -0.2) is 47.2 Å². The van der Waals surface area contributed by atoms with Gasteiger partial charge in [0.1, 0.15) is 5.60 Å². The third-order valence-electron chi connectivity index (χ3n) is 4.73. The molecular formula is C20H30N2O4. The van der Waals surface area contributed by atoms with Crippen molar-refractivity contribution in [1.82, 2.24) is 9.88 Å². The molecular weight excluding hydrogens is 332 g/mol. The maximum absolute atomic E-state index is 12.8. The second kappa shape index (κ2) is 8.06. The van der Waals surface area contributed by atoms with Crippen LogP contribution < -0.4 is 0 Å². The van der Waals surface area contributed by atoms with Gasteiger partial charge >= 0.3 is 12.1 Å². The summed E-state index contributed by atoms with van der Waals surface area (Å²) in [6.45, 7) is 10.6. The van der Waals surface area contributed by atoms with E-state index in [9.17, 15) is 9.59 Å². The van der Waals surface area contributed by atoms with Crippen molar-refractivity contribution >= 4 is 12.1 Å². The Morgan fingerprint density at radius 2 is 1.92 bits per heavy atom. The summed E-state index contributed by atoms with van der Waals surface area (Å²) in [4.78, 5) is 31.1. The number of amides is 1. The number of carbonyl (C=O) groups is 2. The van der Waals surface area contributed by atoms with E-state index in [0.29, 0.717) is 39.0 Å². The summed E-state index contributed by atoms with van der Waals surface area (Å²) in [5.41, 5.74) is 0.819. The molecule has 26 heavy (non-hydrogen) atoms. The lowest BCUT2D eigenvalue weighted by molar-refractivity contribution is -0.158. The predicted molar refractivity (Wildman–Crippen MR) is 98.8 cm³/mol. The molecule has 0 unspecified atom stereocenters. The molecule has 0 N–H and O–H groups in total. The van der Waals surface area contributed by atoms with Crippen LogP contribution in [0.2, 0.25) is 0 Å². The van der Waals surface area contributed by atoms with Gasteiger partial charge in [-0.1, -0.05) is 6.07 Å². The molecule has 1 aliphatic rings. The number of esters is 1. The van der Waals surface area contributed by atoms with Crippen LogP contribution >= 0.6 is 0 Å². The largest absolute Gasteiger partial charge is 0.466 e. The van der Waals surface area contributed by atoms with Gasteiger partial charge in [-0.15, -0.1) is 0 Å². The smallest absolute Gasteiger partial charge is 0.410 e. The van der Waals surface area contributed by atoms with Crippen LogP contribution in [0.5, 0.6) is 0 Å². The van der Waals surface area contributed by atoms with E-state index in [1.165, 1.54) is 0 Å². The Balaban J connectivity index is 2.14. The number of rotatable bonds is 4. The van der Waals surface area contributed by atoms with Crippen molar-refractivity contribution in [2.45, 2.75) is 59.5 Å². The number of carbonyl (C=O) groups excluding carboxylic acids is 2. The standard InChI is InChI=1S/C20H30N2O4/c1-6-25-17(23)20(14-16-8-7-11-21-15(16)2)9-12-22(13-10-20)18(24)26-19(3,4)5/h7-8,11H,6,9-10,12-14H2,1-5H3. The van der Waals surface area contributed by atoms with Crippen molar-refractivity contribution in [1.29, 1.82) is 0 Å². The molecule has 0 spiro atoms. The van der Waals surface area contributed by atoms with Crippen LogP contribution in [0.25, 0.3) is 0 Å². The van der Waals surface area contributed by atoms with E-state index in [1.54, 1.807) is 11.1 Å². The van der Waals surface area contributed by atoms with Gasteiger partial charge in [-0.2, -0.15) is 0 Å². The first-order chi connectivity index (χ1) is 12.2. The van der Waals surface area contributed by atoms with Gasteiger partial charge in [-0.25, -0.2) is 4.79 Å². The summed E-state index contributed by atoms with van der Waals surface area (Å²) in [5.74, 6) is -0.188. The quantitative estimate of drug-likeness (QED) is 0.767. The Morgan fingerprint density at radius 3 is 2.46 bits per heavy atom. The highest BCUT2D eigenvalue weighted by Crippen LogP contribution is 2.37. The molecule has 0 bridgehead atoms. The first-order valence-corrected chi connectivity index (χ1v) is 9.22. The minimum Gasteiger partial charge on any atom is -0.466 e. The number of hydrogen-bond donors (Lipinski definition) is 0. The van der Waals surface area contributed by atoms with E-state index in [2.05, 4.69) is 4.98 Å². The summed E-state index contributed by atoms with van der Waals surface area (Å²) in [6.07, 6.45) is 3.11. The molecule has 0 radical (unpaired) electrons. The van der Waals surface area contributed by atoms with Gasteiger partial charge in [0, 0.05) is 25.0 Å². The second-order valence-corrected chi connectivity index (χ2v) is 7.89. The third-order valence-corrected chi connectivity index (χ3v) is 4.73. The SMILES string of the molecule is CCOC(=O)C1(Cc2cccnc2C)CCN(C(=O)OC(C)(C)C)CC1. The highest BCUT2D eigenvalue weighted by molar-refractivity contribution is 5.78. The summed E-state index contributed by atoms with van der Waals surface area (Å²) >= 11 is 0. The highest BCUT2D eigenvalue weighted by atomic mass is 16.6. The van der Waals surface area contributed by atoms with Crippen LogP contribution in [0.3, 0.4) is 0 Å². The second-order valence-electron chi connectivity index (χ2n) is 7.89. The van der Waals surface area contributed by atoms with E-state index in [-0.39, 0.29) is 12.1 Å². The number of aryl methyl sites for hydroxylation is 1. The number of hydrogen-bond acceptors (Lipinski definition) is 5. The van der Waals surface area contributed by atoms with Crippen LogP contribution in [0.4, 0.5) is 4.79 Å². The van der Waals surface area contributed by atoms with Gasteiger partial charge in [0.05, 0.1) is 12.0 Å². The van der Waals surface area contributed by atoms with Crippen LogP contribution in [0.1, 0.15) is 51.8 Å². The molecule has 0 saturated carbocycles. The fraction of sp³-hybridized carbons (Fsp3) is 0.650. The molecule has 1 aliphatic heterocycles. The van der Waals surface area contributed by atoms with E-state index in [0.717, 1.165) is 11.3 Å². The number of aromatic nitrogens is 1. The van der Waals surface area contributed by atoms with E-state index in [1.807, 2.05) is 46.8 Å². The lowest BCUT2D eigenvalue weighted by atomic mass is 9.73. The maximum atomic E-state index is 12.8. The van der Waals surface area contributed by atoms with Gasteiger partial charge < -0.3 is 14.4 Å². The molecule has 2 rings (SSSR count). The number of piperidine rings is 1. The zero-order chi connectivity index (χ0) is 19.4. The number of likely N-dealkylation sites (tertiary alicyclic amines) is 1. The molecule has 0 aliphatic carbocycles. The fourth-order valence-electron chi connectivity index (χ4n) is 3.25. The third kappa shape index (κ3) is 4.96. The molecule has 1 fully saturated rings. The molecule has 6 heteroatoms. The van der Waals surface area contributed by atoms with Crippen molar-refractivity contribution in [3.05, 3.63) is 29.6 Å². The summed E-state index contributed by atoms with van der Waals surface area (Å²) in [6, 6.07) is 3.89. The minimum absolute atomic E-state index is 0.188. The number of pyridine rings is 1. The highest BCUT2D eigenvalue weighted by Gasteiger charge is 2.44. The van der Waals surface area contributed by atoms with Crippen LogP contribution in [0.15, 0.2) is 18.3 Å². The Hall–Kier alpha value is -2.11. The average Bonchev–Trinajstić information content (AvgIpc) is 2.56. The van der Waals surface area contributed by atoms with Crippen molar-refractivity contribution in [3.63, 3.8) is 0 Å². The molecule has 2 heterocycles. The predicted octanol–water partition coefficient (Wildman–Crippen LogP) is 3.51. The summed E-state index contributed by atoms with van der Waals surface area (Å²) < 4.78 is 10.8. The van der Waals surface area contributed by atoms with Gasteiger partial charge in [0.2, 0.25) is 0 Å². The van der Waals surface area contributed by atoms with Gasteiger partial charge in [0.15, 0.2) is 0 Å². The molecule has 6 nitrogen and oxygen atoms in total. The van der Waals surface area contributed by atoms with Crippen LogP contribution in [-0.2, 0) is 20.7 Å². The Morgan fingerprint density at radius 1 is 1.27 bits per heavy atom. The molecule has 1 aromatic heterocycles. The zero-order valence-electron chi connectivity index (χ0n) is 16.5. The molecule has 0 aromatic carbocycles. The van der Waals surface area contributed by atoms with Crippen molar-refractivity contribution in [3.8, 4) is 0 Å². The van der Waals surface area contributed by atoms with Crippen molar-refractivity contribution < 1.29 is 19.1 Å². The first kappa shape index (κ1) is 20.2. The Labute approximate surface area is 155 Å². The molecule has 144 valence electrons. The lowest BCUT2D eigenvalue weighted by Crippen LogP contribution is -2.49. The van der Waals surface area contributed by atoms with Gasteiger partial charge in [-0.3, -0.25) is 9.78 Å². The summed E-state index contributed by atoms with van der Waals surface area (Å²) in [7, 11) is 0. The molecule has 1 aromatic rings. The minimum atomic E-state index is -0.623. The van der Waals surface area contributed by atoms with Gasteiger partial charge in [0.25, 0.3) is 0 Å². The Kier molecular flexibility index (Phi) is 6.26. The Bertz CT molecular complexity index is 643. The maximum Gasteiger partial charge on any atom is 0.410 e. The monoisotopic (exact) mass is 362 g/mol. The lowest BCUT2D eigenvalue weighted by Gasteiger charge is -2.40. The van der Waals surface area contributed by atoms with E-state index in [4.69, 9.17) is 9.47 Å². The fourth-order valence-corrected chi connectivity index (χ4v) is 3.25. The number of nitrogens with zero attached hydrogens (tertiary/aromatic N) is 2. The number of ether oxygens (including phenoxy) is 2. The molecule has 1 saturated heterocycles. The van der Waals surface area contributed by atoms with E-state index < -0.39 is 11.0 Å². The van der Waals surface area contributed by atoms with Crippen LogP contribution in [0, 0.1) is 12.3 Å². The first-order valence-electron chi connectivity index (χ1n) is 9.22. The zero-order valence-corrected chi connectivity index (χ0v) is 16.5. The topological polar surface area (TPSA) is 68.7 Å². The normalized spacial score (nSPS) is 16.9. The molecule has 0 atom stereocenters. The summed E-state index contributed by atoms with van der Waals surface area (Å²) in [5, 5.41) is 0. The van der Waals surface area contributed by atoms with Crippen molar-refractivity contribution in [2.75, 3.05) is 19.7 Å².